The molecule has 0 saturated carbocycles. The third-order valence-corrected chi connectivity index (χ3v) is 1.94. The lowest BCUT2D eigenvalue weighted by Gasteiger charge is -1.88. The molecule has 0 amide bonds. The lowest BCUT2D eigenvalue weighted by atomic mass is 10.5. The lowest BCUT2D eigenvalue weighted by Crippen LogP contribution is -1.89. The molecule has 0 aliphatic rings. The van der Waals surface area contributed by atoms with Crippen LogP contribution in [0.1, 0.15) is 0 Å². The Balaban J connectivity index is 3.04. The molecule has 1 N–H and O–H groups in total. The van der Waals surface area contributed by atoms with Gasteiger partial charge in [-0.05, 0) is 18.3 Å². The molecule has 0 aromatic carbocycles. The summed E-state index contributed by atoms with van der Waals surface area (Å²) in [5.41, 5.74) is 1.71. The minimum atomic E-state index is 0.667. The highest BCUT2D eigenvalue weighted by Gasteiger charge is 1.99. The Morgan fingerprint density at radius 2 is 2.45 bits per heavy atom. The average molecular weight is 166 g/mol. The second-order valence-electron chi connectivity index (χ2n) is 2.26. The molecule has 2 rings (SSSR count). The van der Waals surface area contributed by atoms with E-state index >= 15 is 0 Å². The molecule has 2 aromatic heterocycles. The third kappa shape index (κ3) is 0.848. The van der Waals surface area contributed by atoms with Gasteiger partial charge in [-0.2, -0.15) is 5.10 Å². The van der Waals surface area contributed by atoms with Crippen LogP contribution >= 0.6 is 12.2 Å². The normalized spacial score (nSPS) is 10.6. The predicted octanol–water partition coefficient (Wildman–Crippen LogP) is 1.03. The monoisotopic (exact) mass is 166 g/mol. The first kappa shape index (κ1) is 6.48. The molecule has 4 nitrogen and oxygen atoms in total. The number of rotatable bonds is 0. The summed E-state index contributed by atoms with van der Waals surface area (Å²) >= 11 is 4.99. The maximum atomic E-state index is 4.99. The number of nitrogens with zero attached hydrogens (tertiary/aromatic N) is 3. The van der Waals surface area contributed by atoms with E-state index in [-0.39, 0.29) is 0 Å². The highest BCUT2D eigenvalue weighted by molar-refractivity contribution is 7.71. The standard InChI is InChI=1S/C6H6N4S/c1-10-5-4(8-6(10)11)2-3-7-9-5/h2-3H,1H3,(H,8,11). The molecule has 0 fully saturated rings. The van der Waals surface area contributed by atoms with Crippen LogP contribution in [0.3, 0.4) is 0 Å². The van der Waals surface area contributed by atoms with E-state index in [1.165, 1.54) is 0 Å². The molecule has 11 heavy (non-hydrogen) atoms. The van der Waals surface area contributed by atoms with E-state index in [0.29, 0.717) is 4.77 Å². The molecular formula is C6H6N4S. The van der Waals surface area contributed by atoms with E-state index in [0.717, 1.165) is 11.2 Å². The van der Waals surface area contributed by atoms with Crippen LogP contribution < -0.4 is 0 Å². The summed E-state index contributed by atoms with van der Waals surface area (Å²) in [5.74, 6) is 0. The van der Waals surface area contributed by atoms with E-state index in [2.05, 4.69) is 15.2 Å². The number of imidazole rings is 1. The van der Waals surface area contributed by atoms with Gasteiger partial charge in [0.05, 0.1) is 11.7 Å². The quantitative estimate of drug-likeness (QED) is 0.594. The second-order valence-corrected chi connectivity index (χ2v) is 2.64. The zero-order valence-corrected chi connectivity index (χ0v) is 6.72. The number of aryl methyl sites for hydroxylation is 1. The van der Waals surface area contributed by atoms with Crippen molar-refractivity contribution in [2.24, 2.45) is 7.05 Å². The van der Waals surface area contributed by atoms with Crippen LogP contribution in [-0.4, -0.2) is 19.7 Å². The molecule has 0 aliphatic carbocycles. The highest BCUT2D eigenvalue weighted by Crippen LogP contribution is 2.06. The molecule has 2 heterocycles. The second kappa shape index (κ2) is 2.13. The Kier molecular flexibility index (Phi) is 1.25. The highest BCUT2D eigenvalue weighted by atomic mass is 32.1. The van der Waals surface area contributed by atoms with E-state index < -0.39 is 0 Å². The Hall–Kier alpha value is -1.23. The molecule has 0 radical (unpaired) electrons. The largest absolute Gasteiger partial charge is 0.329 e. The van der Waals surface area contributed by atoms with Gasteiger partial charge in [-0.15, -0.1) is 5.10 Å². The summed E-state index contributed by atoms with van der Waals surface area (Å²) in [6.45, 7) is 0. The number of aromatic nitrogens is 4. The minimum Gasteiger partial charge on any atom is -0.329 e. The van der Waals surface area contributed by atoms with Crippen LogP contribution in [0.2, 0.25) is 0 Å². The van der Waals surface area contributed by atoms with Crippen molar-refractivity contribution in [2.75, 3.05) is 0 Å². The molecule has 56 valence electrons. The summed E-state index contributed by atoms with van der Waals surface area (Å²) in [6.07, 6.45) is 1.63. The maximum Gasteiger partial charge on any atom is 0.181 e. The van der Waals surface area contributed by atoms with E-state index in [9.17, 15) is 0 Å². The van der Waals surface area contributed by atoms with Gasteiger partial charge in [0, 0.05) is 7.05 Å². The summed E-state index contributed by atoms with van der Waals surface area (Å²) in [5, 5.41) is 7.67. The summed E-state index contributed by atoms with van der Waals surface area (Å²) in [4.78, 5) is 3.00. The number of nitrogens with one attached hydrogen (secondary N) is 1. The summed E-state index contributed by atoms with van der Waals surface area (Å²) < 4.78 is 2.46. The summed E-state index contributed by atoms with van der Waals surface area (Å²) in [7, 11) is 1.86. The first-order valence-electron chi connectivity index (χ1n) is 3.15. The Morgan fingerprint density at radius 3 is 3.18 bits per heavy atom. The van der Waals surface area contributed by atoms with Crippen LogP contribution in [0.4, 0.5) is 0 Å². The Labute approximate surface area is 67.9 Å². The van der Waals surface area contributed by atoms with Gasteiger partial charge < -0.3 is 9.55 Å². The van der Waals surface area contributed by atoms with Gasteiger partial charge in [0.2, 0.25) is 0 Å². The zero-order chi connectivity index (χ0) is 7.84. The molecule has 0 aliphatic heterocycles. The topological polar surface area (TPSA) is 46.5 Å². The Bertz CT molecular complexity index is 441. The Morgan fingerprint density at radius 1 is 1.64 bits per heavy atom. The van der Waals surface area contributed by atoms with Crippen LogP contribution in [0.5, 0.6) is 0 Å². The number of H-pyrrole nitrogens is 1. The molecule has 2 aromatic rings. The van der Waals surface area contributed by atoms with Crippen LogP contribution in [0.25, 0.3) is 11.2 Å². The fraction of sp³-hybridized carbons (Fsp3) is 0.167. The van der Waals surface area contributed by atoms with E-state index in [1.54, 1.807) is 10.8 Å². The van der Waals surface area contributed by atoms with E-state index in [1.807, 2.05) is 13.1 Å². The third-order valence-electron chi connectivity index (χ3n) is 1.57. The molecule has 0 saturated heterocycles. The number of hydrogen-bond acceptors (Lipinski definition) is 3. The van der Waals surface area contributed by atoms with Crippen molar-refractivity contribution in [1.29, 1.82) is 0 Å². The van der Waals surface area contributed by atoms with Gasteiger partial charge in [0.1, 0.15) is 0 Å². The van der Waals surface area contributed by atoms with Crippen LogP contribution in [0, 0.1) is 4.77 Å². The van der Waals surface area contributed by atoms with Crippen molar-refractivity contribution < 1.29 is 0 Å². The SMILES string of the molecule is Cn1c(=S)[nH]c2ccnnc21. The van der Waals surface area contributed by atoms with Gasteiger partial charge >= 0.3 is 0 Å². The van der Waals surface area contributed by atoms with Gasteiger partial charge in [0.25, 0.3) is 0 Å². The van der Waals surface area contributed by atoms with Crippen molar-refractivity contribution in [2.45, 2.75) is 0 Å². The van der Waals surface area contributed by atoms with Crippen LogP contribution in [0.15, 0.2) is 12.3 Å². The smallest absolute Gasteiger partial charge is 0.181 e. The molecule has 0 atom stereocenters. The van der Waals surface area contributed by atoms with Crippen molar-refractivity contribution in [1.82, 2.24) is 19.7 Å². The van der Waals surface area contributed by atoms with Crippen molar-refractivity contribution >= 4 is 23.4 Å². The molecular weight excluding hydrogens is 160 g/mol. The van der Waals surface area contributed by atoms with Gasteiger partial charge in [-0.3, -0.25) is 0 Å². The maximum absolute atomic E-state index is 4.99. The van der Waals surface area contributed by atoms with Crippen molar-refractivity contribution in [3.05, 3.63) is 17.0 Å². The average Bonchev–Trinajstić information content (AvgIpc) is 2.30. The molecule has 0 unspecified atom stereocenters. The number of aromatic amines is 1. The van der Waals surface area contributed by atoms with Gasteiger partial charge in [-0.1, -0.05) is 0 Å². The number of fused-ring (bicyclic) bond motifs is 1. The fourth-order valence-electron chi connectivity index (χ4n) is 0.965. The van der Waals surface area contributed by atoms with E-state index in [4.69, 9.17) is 12.2 Å². The zero-order valence-electron chi connectivity index (χ0n) is 5.90. The molecule has 0 spiro atoms. The fourth-order valence-corrected chi connectivity index (χ4v) is 1.16. The molecule has 0 bridgehead atoms. The first-order chi connectivity index (χ1) is 5.29. The first-order valence-corrected chi connectivity index (χ1v) is 3.56. The van der Waals surface area contributed by atoms with Crippen molar-refractivity contribution in [3.63, 3.8) is 0 Å². The van der Waals surface area contributed by atoms with Gasteiger partial charge in [0.15, 0.2) is 10.4 Å². The minimum absolute atomic E-state index is 0.667. The predicted molar refractivity (Wildman–Crippen MR) is 43.7 cm³/mol. The van der Waals surface area contributed by atoms with Crippen molar-refractivity contribution in [3.8, 4) is 0 Å². The lowest BCUT2D eigenvalue weighted by molar-refractivity contribution is 0.892. The van der Waals surface area contributed by atoms with Gasteiger partial charge in [-0.25, -0.2) is 0 Å². The number of hydrogen-bond donors (Lipinski definition) is 1. The molecule has 5 heteroatoms. The summed E-state index contributed by atoms with van der Waals surface area (Å²) in [6, 6.07) is 1.85. The van der Waals surface area contributed by atoms with Crippen LogP contribution in [-0.2, 0) is 7.05 Å².